The van der Waals surface area contributed by atoms with E-state index in [9.17, 15) is 0 Å². The number of nitrogens with one attached hydrogen (secondary N) is 1. The minimum atomic E-state index is 0.0248. The molecule has 0 radical (unpaired) electrons. The second kappa shape index (κ2) is 5.02. The first kappa shape index (κ1) is 10.3. The minimum Gasteiger partial charge on any atom is -0.390 e. The van der Waals surface area contributed by atoms with E-state index in [1.54, 1.807) is 6.20 Å². The summed E-state index contributed by atoms with van der Waals surface area (Å²) < 4.78 is 0. The zero-order valence-electron chi connectivity index (χ0n) is 8.38. The lowest BCUT2D eigenvalue weighted by Crippen LogP contribution is -1.96. The van der Waals surface area contributed by atoms with Gasteiger partial charge in [0.2, 0.25) is 0 Å². The second-order valence-electron chi connectivity index (χ2n) is 3.48. The summed E-state index contributed by atoms with van der Waals surface area (Å²) in [6.07, 6.45) is 5.39. The van der Waals surface area contributed by atoms with Crippen molar-refractivity contribution in [2.24, 2.45) is 0 Å². The van der Waals surface area contributed by atoms with E-state index in [-0.39, 0.29) is 6.61 Å². The summed E-state index contributed by atoms with van der Waals surface area (Å²) in [5.74, 6) is 1.47. The van der Waals surface area contributed by atoms with E-state index < -0.39 is 0 Å². The molecule has 1 aromatic rings. The maximum Gasteiger partial charge on any atom is 0.109 e. The summed E-state index contributed by atoms with van der Waals surface area (Å²) in [4.78, 5) is 7.37. The average molecular weight is 182 g/mol. The van der Waals surface area contributed by atoms with Gasteiger partial charge in [-0.15, -0.1) is 0 Å². The summed E-state index contributed by atoms with van der Waals surface area (Å²) >= 11 is 0. The van der Waals surface area contributed by atoms with Gasteiger partial charge in [0.15, 0.2) is 0 Å². The second-order valence-corrected chi connectivity index (χ2v) is 3.48. The molecule has 1 rings (SSSR count). The highest BCUT2D eigenvalue weighted by atomic mass is 16.3. The molecule has 0 fully saturated rings. The standard InChI is InChI=1S/C10H18N2O/c1-3-4-5-8(2)10-11-6-9(7-13)12-10/h6,8,13H,3-5,7H2,1-2H3,(H,11,12). The monoisotopic (exact) mass is 182 g/mol. The molecule has 0 spiro atoms. The molecule has 74 valence electrons. The highest BCUT2D eigenvalue weighted by Crippen LogP contribution is 2.18. The molecule has 3 nitrogen and oxygen atoms in total. The van der Waals surface area contributed by atoms with Gasteiger partial charge in [-0.3, -0.25) is 0 Å². The van der Waals surface area contributed by atoms with Crippen LogP contribution in [0.1, 0.15) is 50.5 Å². The third-order valence-electron chi connectivity index (χ3n) is 2.27. The van der Waals surface area contributed by atoms with Gasteiger partial charge in [0.1, 0.15) is 5.82 Å². The van der Waals surface area contributed by atoms with Gasteiger partial charge in [-0.05, 0) is 6.42 Å². The molecule has 3 heteroatoms. The van der Waals surface area contributed by atoms with Crippen LogP contribution in [0.4, 0.5) is 0 Å². The highest BCUT2D eigenvalue weighted by Gasteiger charge is 2.08. The molecule has 0 bridgehead atoms. The smallest absolute Gasteiger partial charge is 0.109 e. The Morgan fingerprint density at radius 1 is 1.62 bits per heavy atom. The molecule has 1 unspecified atom stereocenters. The number of imidazole rings is 1. The number of unbranched alkanes of at least 4 members (excludes halogenated alkanes) is 1. The third kappa shape index (κ3) is 2.84. The lowest BCUT2D eigenvalue weighted by atomic mass is 10.0. The highest BCUT2D eigenvalue weighted by molar-refractivity contribution is 5.03. The summed E-state index contributed by atoms with van der Waals surface area (Å²) in [7, 11) is 0. The van der Waals surface area contributed by atoms with Crippen LogP contribution >= 0.6 is 0 Å². The van der Waals surface area contributed by atoms with Crippen molar-refractivity contribution in [3.05, 3.63) is 17.7 Å². The molecule has 0 aliphatic carbocycles. The number of aromatic nitrogens is 2. The Balaban J connectivity index is 2.50. The SMILES string of the molecule is CCCCC(C)c1nc(CO)c[nH]1. The lowest BCUT2D eigenvalue weighted by molar-refractivity contribution is 0.277. The zero-order chi connectivity index (χ0) is 9.68. The third-order valence-corrected chi connectivity index (χ3v) is 2.27. The summed E-state index contributed by atoms with van der Waals surface area (Å²) in [5, 5.41) is 8.83. The van der Waals surface area contributed by atoms with Crippen molar-refractivity contribution in [3.8, 4) is 0 Å². The fourth-order valence-corrected chi connectivity index (χ4v) is 1.36. The van der Waals surface area contributed by atoms with Crippen LogP contribution in [0.3, 0.4) is 0 Å². The van der Waals surface area contributed by atoms with Crippen LogP contribution in [-0.4, -0.2) is 15.1 Å². The number of nitrogens with zero attached hydrogens (tertiary/aromatic N) is 1. The van der Waals surface area contributed by atoms with Crippen molar-refractivity contribution in [1.82, 2.24) is 9.97 Å². The first-order valence-electron chi connectivity index (χ1n) is 4.93. The molecular formula is C10H18N2O. The van der Waals surface area contributed by atoms with Gasteiger partial charge in [0.25, 0.3) is 0 Å². The summed E-state index contributed by atoms with van der Waals surface area (Å²) in [5.41, 5.74) is 0.735. The largest absolute Gasteiger partial charge is 0.390 e. The van der Waals surface area contributed by atoms with Gasteiger partial charge < -0.3 is 10.1 Å². The molecule has 13 heavy (non-hydrogen) atoms. The van der Waals surface area contributed by atoms with Crippen LogP contribution in [0.2, 0.25) is 0 Å². The maximum atomic E-state index is 8.83. The molecular weight excluding hydrogens is 164 g/mol. The molecule has 1 atom stereocenters. The van der Waals surface area contributed by atoms with Crippen LogP contribution in [0, 0.1) is 0 Å². The fourth-order valence-electron chi connectivity index (χ4n) is 1.36. The number of hydrogen-bond donors (Lipinski definition) is 2. The zero-order valence-corrected chi connectivity index (χ0v) is 8.38. The summed E-state index contributed by atoms with van der Waals surface area (Å²) in [6.45, 7) is 4.38. The molecule has 1 aromatic heterocycles. The molecule has 0 saturated heterocycles. The van der Waals surface area contributed by atoms with Crippen molar-refractivity contribution in [2.75, 3.05) is 0 Å². The number of hydrogen-bond acceptors (Lipinski definition) is 2. The topological polar surface area (TPSA) is 48.9 Å². The van der Waals surface area contributed by atoms with E-state index in [0.29, 0.717) is 5.92 Å². The normalized spacial score (nSPS) is 13.2. The maximum absolute atomic E-state index is 8.83. The van der Waals surface area contributed by atoms with Crippen molar-refractivity contribution < 1.29 is 5.11 Å². The van der Waals surface area contributed by atoms with Gasteiger partial charge >= 0.3 is 0 Å². The van der Waals surface area contributed by atoms with Gasteiger partial charge in [-0.25, -0.2) is 4.98 Å². The Labute approximate surface area is 79.2 Å². The number of aromatic amines is 1. The van der Waals surface area contributed by atoms with E-state index in [4.69, 9.17) is 5.11 Å². The Morgan fingerprint density at radius 3 is 2.92 bits per heavy atom. The Hall–Kier alpha value is -0.830. The van der Waals surface area contributed by atoms with Gasteiger partial charge in [0.05, 0.1) is 12.3 Å². The number of rotatable bonds is 5. The van der Waals surface area contributed by atoms with Gasteiger partial charge in [-0.1, -0.05) is 26.7 Å². The van der Waals surface area contributed by atoms with Crippen molar-refractivity contribution in [3.63, 3.8) is 0 Å². The lowest BCUT2D eigenvalue weighted by Gasteiger charge is -2.06. The predicted octanol–water partition coefficient (Wildman–Crippen LogP) is 2.20. The molecule has 0 amide bonds. The number of H-pyrrole nitrogens is 1. The molecule has 1 heterocycles. The van der Waals surface area contributed by atoms with E-state index in [2.05, 4.69) is 23.8 Å². The van der Waals surface area contributed by atoms with Gasteiger partial charge in [0, 0.05) is 12.1 Å². The van der Waals surface area contributed by atoms with Crippen molar-refractivity contribution >= 4 is 0 Å². The first-order valence-corrected chi connectivity index (χ1v) is 4.93. The van der Waals surface area contributed by atoms with Crippen LogP contribution in [0.15, 0.2) is 6.20 Å². The van der Waals surface area contributed by atoms with Crippen molar-refractivity contribution in [1.29, 1.82) is 0 Å². The van der Waals surface area contributed by atoms with Crippen LogP contribution < -0.4 is 0 Å². The van der Waals surface area contributed by atoms with E-state index >= 15 is 0 Å². The number of aliphatic hydroxyl groups is 1. The predicted molar refractivity (Wildman–Crippen MR) is 52.5 cm³/mol. The molecule has 0 aliphatic heterocycles. The molecule has 2 N–H and O–H groups in total. The fraction of sp³-hybridized carbons (Fsp3) is 0.700. The molecule has 0 aromatic carbocycles. The number of aliphatic hydroxyl groups excluding tert-OH is 1. The van der Waals surface area contributed by atoms with E-state index in [0.717, 1.165) is 17.9 Å². The quantitative estimate of drug-likeness (QED) is 0.733. The Bertz CT molecular complexity index is 245. The minimum absolute atomic E-state index is 0.0248. The Kier molecular flexibility index (Phi) is 3.96. The first-order chi connectivity index (χ1) is 6.27. The Morgan fingerprint density at radius 2 is 2.38 bits per heavy atom. The average Bonchev–Trinajstić information content (AvgIpc) is 2.62. The van der Waals surface area contributed by atoms with E-state index in [1.807, 2.05) is 0 Å². The van der Waals surface area contributed by atoms with Crippen molar-refractivity contribution in [2.45, 2.75) is 45.6 Å². The van der Waals surface area contributed by atoms with Gasteiger partial charge in [-0.2, -0.15) is 0 Å². The van der Waals surface area contributed by atoms with Crippen LogP contribution in [-0.2, 0) is 6.61 Å². The van der Waals surface area contributed by atoms with E-state index in [1.165, 1.54) is 12.8 Å². The molecule has 0 aliphatic rings. The van der Waals surface area contributed by atoms with Crippen LogP contribution in [0.25, 0.3) is 0 Å². The van der Waals surface area contributed by atoms with Crippen LogP contribution in [0.5, 0.6) is 0 Å². The summed E-state index contributed by atoms with van der Waals surface area (Å²) in [6, 6.07) is 0. The molecule has 0 saturated carbocycles.